The third-order valence-electron chi connectivity index (χ3n) is 2.70. The summed E-state index contributed by atoms with van der Waals surface area (Å²) in [6.45, 7) is 3.15. The van der Waals surface area contributed by atoms with E-state index in [1.807, 2.05) is 6.07 Å². The average molecular weight is 280 g/mol. The number of hydrogen-bond acceptors (Lipinski definition) is 4. The summed E-state index contributed by atoms with van der Waals surface area (Å²) >= 11 is 0. The van der Waals surface area contributed by atoms with Crippen molar-refractivity contribution >= 4 is 15.8 Å². The van der Waals surface area contributed by atoms with Crippen molar-refractivity contribution in [2.45, 2.75) is 18.7 Å². The zero-order chi connectivity index (χ0) is 14.6. The molecular weight excluding hydrogens is 264 g/mol. The summed E-state index contributed by atoms with van der Waals surface area (Å²) in [7, 11) is -2.25. The summed E-state index contributed by atoms with van der Waals surface area (Å²) in [4.78, 5) is 11.3. The van der Waals surface area contributed by atoms with Gasteiger partial charge in [0, 0.05) is 19.2 Å². The first-order valence-corrected chi connectivity index (χ1v) is 7.20. The highest BCUT2D eigenvalue weighted by Crippen LogP contribution is 2.17. The number of nitriles is 1. The second-order valence-electron chi connectivity index (χ2n) is 4.40. The van der Waals surface area contributed by atoms with Crippen LogP contribution in [0.15, 0.2) is 29.2 Å². The second-order valence-corrected chi connectivity index (χ2v) is 6.44. The maximum atomic E-state index is 12.3. The molecule has 0 aromatic heterocycles. The van der Waals surface area contributed by atoms with E-state index >= 15 is 0 Å². The van der Waals surface area contributed by atoms with Crippen molar-refractivity contribution in [3.8, 4) is 6.07 Å². The zero-order valence-corrected chi connectivity index (χ0v) is 11.9. The van der Waals surface area contributed by atoms with Gasteiger partial charge >= 0.3 is 0 Å². The van der Waals surface area contributed by atoms with Crippen molar-refractivity contribution < 1.29 is 13.2 Å². The predicted molar refractivity (Wildman–Crippen MR) is 71.0 cm³/mol. The highest BCUT2D eigenvalue weighted by atomic mass is 32.2. The molecule has 102 valence electrons. The molecule has 0 aliphatic carbocycles. The van der Waals surface area contributed by atoms with Crippen LogP contribution in [-0.2, 0) is 10.0 Å². The molecule has 0 radical (unpaired) electrons. The van der Waals surface area contributed by atoms with E-state index in [9.17, 15) is 13.2 Å². The Morgan fingerprint density at radius 2 is 2.11 bits per heavy atom. The van der Waals surface area contributed by atoms with Gasteiger partial charge in [0.15, 0.2) is 5.78 Å². The van der Waals surface area contributed by atoms with Crippen LogP contribution in [0.5, 0.6) is 0 Å². The molecule has 5 nitrogen and oxygen atoms in total. The molecule has 0 aliphatic rings. The third kappa shape index (κ3) is 3.63. The Morgan fingerprint density at radius 1 is 1.47 bits per heavy atom. The molecule has 0 heterocycles. The highest BCUT2D eigenvalue weighted by Gasteiger charge is 2.22. The molecule has 0 saturated carbocycles. The standard InChI is InChI=1S/C13H16N2O3S/c1-10(8-14)9-15(3)19(17,18)13-6-4-5-12(7-13)11(2)16/h4-7,10H,9H2,1-3H3. The van der Waals surface area contributed by atoms with Crippen LogP contribution in [0.3, 0.4) is 0 Å². The number of rotatable bonds is 5. The van der Waals surface area contributed by atoms with E-state index in [0.717, 1.165) is 4.31 Å². The lowest BCUT2D eigenvalue weighted by Crippen LogP contribution is -2.30. The fourth-order valence-corrected chi connectivity index (χ4v) is 2.89. The molecule has 1 atom stereocenters. The van der Waals surface area contributed by atoms with Gasteiger partial charge in [0.25, 0.3) is 0 Å². The third-order valence-corrected chi connectivity index (χ3v) is 4.52. The summed E-state index contributed by atoms with van der Waals surface area (Å²) < 4.78 is 25.7. The van der Waals surface area contributed by atoms with Gasteiger partial charge in [-0.15, -0.1) is 0 Å². The quantitative estimate of drug-likeness (QED) is 0.769. The molecule has 0 spiro atoms. The largest absolute Gasteiger partial charge is 0.295 e. The molecule has 0 N–H and O–H groups in total. The van der Waals surface area contributed by atoms with E-state index in [0.29, 0.717) is 5.56 Å². The van der Waals surface area contributed by atoms with Gasteiger partial charge in [0.2, 0.25) is 10.0 Å². The monoisotopic (exact) mass is 280 g/mol. The molecule has 1 aromatic rings. The van der Waals surface area contributed by atoms with Crippen molar-refractivity contribution in [3.63, 3.8) is 0 Å². The number of sulfonamides is 1. The zero-order valence-electron chi connectivity index (χ0n) is 11.1. The number of carbonyl (C=O) groups excluding carboxylic acids is 1. The van der Waals surface area contributed by atoms with E-state index < -0.39 is 15.9 Å². The number of benzene rings is 1. The smallest absolute Gasteiger partial charge is 0.242 e. The molecule has 1 aromatic carbocycles. The van der Waals surface area contributed by atoms with Gasteiger partial charge in [-0.3, -0.25) is 4.79 Å². The Bertz CT molecular complexity index is 617. The van der Waals surface area contributed by atoms with Crippen LogP contribution < -0.4 is 0 Å². The predicted octanol–water partition coefficient (Wildman–Crippen LogP) is 1.67. The fraction of sp³-hybridized carbons (Fsp3) is 0.385. The van der Waals surface area contributed by atoms with Crippen molar-refractivity contribution in [3.05, 3.63) is 29.8 Å². The number of ketones is 1. The van der Waals surface area contributed by atoms with Crippen molar-refractivity contribution in [2.75, 3.05) is 13.6 Å². The first-order chi connectivity index (χ1) is 8.78. The Kier molecular flexibility index (Phi) is 4.81. The number of carbonyl (C=O) groups is 1. The maximum Gasteiger partial charge on any atom is 0.242 e. The van der Waals surface area contributed by atoms with Gasteiger partial charge in [-0.2, -0.15) is 9.57 Å². The second kappa shape index (κ2) is 5.95. The van der Waals surface area contributed by atoms with Gasteiger partial charge in [0.1, 0.15) is 0 Å². The molecule has 0 aliphatic heterocycles. The Hall–Kier alpha value is -1.71. The van der Waals surface area contributed by atoms with Crippen molar-refractivity contribution in [2.24, 2.45) is 5.92 Å². The molecule has 1 rings (SSSR count). The lowest BCUT2D eigenvalue weighted by molar-refractivity contribution is 0.101. The van der Waals surface area contributed by atoms with Crippen molar-refractivity contribution in [1.82, 2.24) is 4.31 Å². The van der Waals surface area contributed by atoms with Gasteiger partial charge in [-0.05, 0) is 26.0 Å². The number of nitrogens with zero attached hydrogens (tertiary/aromatic N) is 2. The SMILES string of the molecule is CC(=O)c1cccc(S(=O)(=O)N(C)CC(C)C#N)c1. The first-order valence-electron chi connectivity index (χ1n) is 5.76. The lowest BCUT2D eigenvalue weighted by Gasteiger charge is -2.18. The van der Waals surface area contributed by atoms with E-state index in [2.05, 4.69) is 0 Å². The van der Waals surface area contributed by atoms with E-state index in [-0.39, 0.29) is 17.2 Å². The average Bonchev–Trinajstić information content (AvgIpc) is 2.38. The molecule has 0 fully saturated rings. The minimum Gasteiger partial charge on any atom is -0.295 e. The minimum atomic E-state index is -3.67. The van der Waals surface area contributed by atoms with Crippen LogP contribution in [0.2, 0.25) is 0 Å². The molecule has 6 heteroatoms. The van der Waals surface area contributed by atoms with Crippen molar-refractivity contribution in [1.29, 1.82) is 5.26 Å². The first kappa shape index (κ1) is 15.3. The molecular formula is C13H16N2O3S. The van der Waals surface area contributed by atoms with Crippen LogP contribution in [0.25, 0.3) is 0 Å². The summed E-state index contributed by atoms with van der Waals surface area (Å²) in [5, 5.41) is 8.72. The van der Waals surface area contributed by atoms with Crippen LogP contribution in [0, 0.1) is 17.2 Å². The van der Waals surface area contributed by atoms with E-state index in [1.54, 1.807) is 13.0 Å². The van der Waals surface area contributed by atoms with E-state index in [1.165, 1.54) is 32.2 Å². The summed E-state index contributed by atoms with van der Waals surface area (Å²) in [6.07, 6.45) is 0. The highest BCUT2D eigenvalue weighted by molar-refractivity contribution is 7.89. The fourth-order valence-electron chi connectivity index (χ4n) is 1.58. The molecule has 0 bridgehead atoms. The topological polar surface area (TPSA) is 78.2 Å². The van der Waals surface area contributed by atoms with Gasteiger partial charge in [-0.25, -0.2) is 8.42 Å². The Morgan fingerprint density at radius 3 is 2.63 bits per heavy atom. The number of Topliss-reactive ketones (excluding diaryl/α,β-unsaturated/α-hetero) is 1. The number of hydrogen-bond donors (Lipinski definition) is 0. The molecule has 0 saturated heterocycles. The normalized spacial score (nSPS) is 13.0. The maximum absolute atomic E-state index is 12.3. The van der Waals surface area contributed by atoms with Gasteiger partial charge in [-0.1, -0.05) is 12.1 Å². The molecule has 0 amide bonds. The van der Waals surface area contributed by atoms with Crippen LogP contribution in [0.1, 0.15) is 24.2 Å². The van der Waals surface area contributed by atoms with Gasteiger partial charge < -0.3 is 0 Å². The molecule has 19 heavy (non-hydrogen) atoms. The van der Waals surface area contributed by atoms with Crippen LogP contribution in [0.4, 0.5) is 0 Å². The van der Waals surface area contributed by atoms with Crippen LogP contribution >= 0.6 is 0 Å². The Labute approximate surface area is 113 Å². The minimum absolute atomic E-state index is 0.0628. The van der Waals surface area contributed by atoms with Gasteiger partial charge in [0.05, 0.1) is 16.9 Å². The summed E-state index contributed by atoms with van der Waals surface area (Å²) in [5.41, 5.74) is 0.350. The molecule has 1 unspecified atom stereocenters. The Balaban J connectivity index is 3.10. The summed E-state index contributed by atoms with van der Waals surface area (Å²) in [6, 6.07) is 7.88. The van der Waals surface area contributed by atoms with E-state index in [4.69, 9.17) is 5.26 Å². The van der Waals surface area contributed by atoms with Crippen LogP contribution in [-0.4, -0.2) is 32.1 Å². The summed E-state index contributed by atoms with van der Waals surface area (Å²) in [5.74, 6) is -0.583. The lowest BCUT2D eigenvalue weighted by atomic mass is 10.2.